The molecule has 3 heterocycles. The van der Waals surface area contributed by atoms with E-state index in [-0.39, 0.29) is 11.8 Å². The molecule has 2 aliphatic heterocycles. The Morgan fingerprint density at radius 1 is 1.39 bits per heavy atom. The second kappa shape index (κ2) is 10.7. The second-order valence-corrected chi connectivity index (χ2v) is 8.97. The van der Waals surface area contributed by atoms with Gasteiger partial charge in [0.05, 0.1) is 16.8 Å². The van der Waals surface area contributed by atoms with E-state index < -0.39 is 0 Å². The van der Waals surface area contributed by atoms with E-state index in [1.54, 1.807) is 6.08 Å². The maximum atomic E-state index is 11.4. The first kappa shape index (κ1) is 23.1. The highest BCUT2D eigenvalue weighted by Gasteiger charge is 2.15. The monoisotopic (exact) mass is 468 g/mol. The predicted octanol–water partition coefficient (Wildman–Crippen LogP) is 2.86. The Balaban J connectivity index is 1.53. The lowest BCUT2D eigenvalue weighted by Gasteiger charge is -2.21. The average molecular weight is 469 g/mol. The second-order valence-electron chi connectivity index (χ2n) is 7.94. The summed E-state index contributed by atoms with van der Waals surface area (Å²) in [6.07, 6.45) is 6.84. The van der Waals surface area contributed by atoms with Gasteiger partial charge in [0.1, 0.15) is 5.76 Å². The van der Waals surface area contributed by atoms with Crippen molar-refractivity contribution >= 4 is 40.0 Å². The van der Waals surface area contributed by atoms with Crippen LogP contribution in [0.5, 0.6) is 5.88 Å². The number of rotatable bonds is 7. The quantitative estimate of drug-likeness (QED) is 0.647. The van der Waals surface area contributed by atoms with Crippen LogP contribution in [-0.2, 0) is 14.3 Å². The lowest BCUT2D eigenvalue weighted by Crippen LogP contribution is -2.21. The highest BCUT2D eigenvalue weighted by atomic mass is 32.1. The molecule has 0 aliphatic carbocycles. The normalized spacial score (nSPS) is 17.9. The Bertz CT molecular complexity index is 1200. The molecule has 4 rings (SSSR count). The average Bonchev–Trinajstić information content (AvgIpc) is 3.13. The number of nitrogens with one attached hydrogen (secondary N) is 1. The first-order valence-electron chi connectivity index (χ1n) is 11.2. The summed E-state index contributed by atoms with van der Waals surface area (Å²) in [6.45, 7) is 6.28. The van der Waals surface area contributed by atoms with Crippen molar-refractivity contribution in [2.45, 2.75) is 33.1 Å². The summed E-state index contributed by atoms with van der Waals surface area (Å²) >= 11 is 1.42. The fourth-order valence-electron chi connectivity index (χ4n) is 3.85. The zero-order chi connectivity index (χ0) is 23.2. The third-order valence-corrected chi connectivity index (χ3v) is 6.40. The van der Waals surface area contributed by atoms with Gasteiger partial charge in [0, 0.05) is 38.3 Å². The van der Waals surface area contributed by atoms with Gasteiger partial charge in [-0.15, -0.1) is 0 Å². The van der Waals surface area contributed by atoms with E-state index in [0.29, 0.717) is 39.5 Å². The van der Waals surface area contributed by atoms with E-state index in [2.05, 4.69) is 20.3 Å². The number of anilines is 1. The number of aromatic hydroxyl groups is 1. The molecular weight excluding hydrogens is 440 g/mol. The third-order valence-electron chi connectivity index (χ3n) is 5.46. The number of thiazole rings is 1. The minimum absolute atomic E-state index is 0.00688. The van der Waals surface area contributed by atoms with Crippen LogP contribution in [0.15, 0.2) is 34.3 Å². The number of hydrogen-bond acceptors (Lipinski definition) is 7. The van der Waals surface area contributed by atoms with E-state index in [4.69, 9.17) is 9.47 Å². The fraction of sp³-hybridized carbons (Fsp3) is 0.417. The van der Waals surface area contributed by atoms with Crippen molar-refractivity contribution in [3.63, 3.8) is 0 Å². The van der Waals surface area contributed by atoms with Gasteiger partial charge in [-0.25, -0.2) is 4.99 Å². The zero-order valence-electron chi connectivity index (χ0n) is 18.8. The number of hydrogen-bond donors (Lipinski definition) is 2. The first-order chi connectivity index (χ1) is 16.0. The van der Waals surface area contributed by atoms with Gasteiger partial charge >= 0.3 is 0 Å². The number of aromatic nitrogens is 1. The summed E-state index contributed by atoms with van der Waals surface area (Å²) in [4.78, 5) is 24.7. The molecule has 0 atom stereocenters. The molecule has 1 fully saturated rings. The summed E-state index contributed by atoms with van der Waals surface area (Å²) in [5.74, 6) is 1.31. The SMILES string of the molecule is CCOC1=CC(=NC(C)=O)N=c2cc/c(=C\c3sc(NCCC4CCOCC4)nc3O)cc21. The smallest absolute Gasteiger partial charge is 0.244 e. The van der Waals surface area contributed by atoms with Crippen LogP contribution in [0.2, 0.25) is 0 Å². The lowest BCUT2D eigenvalue weighted by atomic mass is 9.97. The molecule has 0 radical (unpaired) electrons. The molecule has 1 aromatic heterocycles. The van der Waals surface area contributed by atoms with Crippen molar-refractivity contribution in [2.24, 2.45) is 15.9 Å². The Labute approximate surface area is 196 Å². The molecule has 9 heteroatoms. The number of carbonyl (C=O) groups is 1. The van der Waals surface area contributed by atoms with Crippen LogP contribution in [0.25, 0.3) is 11.8 Å². The van der Waals surface area contributed by atoms with Gasteiger partial charge in [-0.1, -0.05) is 17.4 Å². The predicted molar refractivity (Wildman–Crippen MR) is 129 cm³/mol. The van der Waals surface area contributed by atoms with Crippen LogP contribution < -0.4 is 15.9 Å². The molecule has 2 aromatic rings. The van der Waals surface area contributed by atoms with E-state index in [0.717, 1.165) is 49.8 Å². The molecule has 0 unspecified atom stereocenters. The van der Waals surface area contributed by atoms with Crippen LogP contribution in [0, 0.1) is 5.92 Å². The molecule has 0 spiro atoms. The van der Waals surface area contributed by atoms with E-state index in [1.807, 2.05) is 31.2 Å². The first-order valence-corrected chi connectivity index (χ1v) is 12.0. The molecule has 174 valence electrons. The van der Waals surface area contributed by atoms with Crippen molar-refractivity contribution in [3.8, 4) is 5.88 Å². The van der Waals surface area contributed by atoms with Gasteiger partial charge in [0.25, 0.3) is 0 Å². The van der Waals surface area contributed by atoms with E-state index in [1.165, 1.54) is 18.3 Å². The van der Waals surface area contributed by atoms with Gasteiger partial charge < -0.3 is 19.9 Å². The van der Waals surface area contributed by atoms with Crippen molar-refractivity contribution in [3.05, 3.63) is 45.3 Å². The number of benzene rings is 1. The van der Waals surface area contributed by atoms with Gasteiger partial charge in [-0.2, -0.15) is 9.98 Å². The van der Waals surface area contributed by atoms with Gasteiger partial charge in [-0.3, -0.25) is 4.79 Å². The molecule has 1 amide bonds. The topological polar surface area (TPSA) is 105 Å². The molecule has 33 heavy (non-hydrogen) atoms. The van der Waals surface area contributed by atoms with Crippen LogP contribution in [0.3, 0.4) is 0 Å². The summed E-state index contributed by atoms with van der Waals surface area (Å²) in [6, 6.07) is 5.70. The number of ether oxygens (including phenoxy) is 2. The zero-order valence-corrected chi connectivity index (χ0v) is 19.7. The number of fused-ring (bicyclic) bond motifs is 1. The molecule has 8 nitrogen and oxygen atoms in total. The highest BCUT2D eigenvalue weighted by Crippen LogP contribution is 2.29. The minimum Gasteiger partial charge on any atom is -0.493 e. The van der Waals surface area contributed by atoms with Gasteiger partial charge in [0.2, 0.25) is 11.8 Å². The molecule has 2 N–H and O–H groups in total. The molecule has 1 saturated heterocycles. The van der Waals surface area contributed by atoms with Gasteiger partial charge in [0.15, 0.2) is 11.0 Å². The maximum Gasteiger partial charge on any atom is 0.244 e. The Kier molecular flexibility index (Phi) is 7.51. The lowest BCUT2D eigenvalue weighted by molar-refractivity contribution is -0.115. The molecular formula is C24H28N4O4S. The standard InChI is InChI=1S/C24H28N4O4S/c1-3-32-20-14-22(26-15(2)29)27-19-5-4-17(12-18(19)20)13-21-23(30)28-24(33-21)25-9-6-16-7-10-31-11-8-16/h4-5,12-14,16,30H,3,6-11H2,1-2H3,(H,25,28)/b17-13+,26-22?. The van der Waals surface area contributed by atoms with Crippen molar-refractivity contribution in [2.75, 3.05) is 31.7 Å². The highest BCUT2D eigenvalue weighted by molar-refractivity contribution is 7.16. The van der Waals surface area contributed by atoms with Crippen molar-refractivity contribution < 1.29 is 19.4 Å². The van der Waals surface area contributed by atoms with Crippen LogP contribution in [0.1, 0.15) is 43.6 Å². The van der Waals surface area contributed by atoms with Crippen molar-refractivity contribution in [1.82, 2.24) is 4.98 Å². The summed E-state index contributed by atoms with van der Waals surface area (Å²) in [5, 5.41) is 16.0. The number of carbonyl (C=O) groups excluding carboxylic acids is 1. The number of amides is 1. The summed E-state index contributed by atoms with van der Waals surface area (Å²) in [5.41, 5.74) is 0.812. The molecule has 0 bridgehead atoms. The van der Waals surface area contributed by atoms with Gasteiger partial charge in [-0.05, 0) is 55.5 Å². The van der Waals surface area contributed by atoms with Crippen LogP contribution >= 0.6 is 11.3 Å². The number of nitrogens with zero attached hydrogens (tertiary/aromatic N) is 3. The van der Waals surface area contributed by atoms with E-state index >= 15 is 0 Å². The molecule has 1 aromatic carbocycles. The Hall–Kier alpha value is -3.04. The Morgan fingerprint density at radius 2 is 2.21 bits per heavy atom. The van der Waals surface area contributed by atoms with Crippen LogP contribution in [0.4, 0.5) is 5.13 Å². The number of amidine groups is 1. The third kappa shape index (κ3) is 6.06. The number of aliphatic imine (C=N–C) groups is 1. The largest absolute Gasteiger partial charge is 0.493 e. The van der Waals surface area contributed by atoms with E-state index in [9.17, 15) is 9.90 Å². The fourth-order valence-corrected chi connectivity index (χ4v) is 4.69. The maximum absolute atomic E-state index is 11.4. The summed E-state index contributed by atoms with van der Waals surface area (Å²) < 4.78 is 11.2. The summed E-state index contributed by atoms with van der Waals surface area (Å²) in [7, 11) is 0. The molecule has 2 aliphatic rings. The Morgan fingerprint density at radius 3 is 2.97 bits per heavy atom. The van der Waals surface area contributed by atoms with Crippen molar-refractivity contribution in [1.29, 1.82) is 0 Å². The molecule has 0 saturated carbocycles. The minimum atomic E-state index is -0.313. The van der Waals surface area contributed by atoms with Crippen LogP contribution in [-0.4, -0.2) is 48.2 Å².